The van der Waals surface area contributed by atoms with Crippen LogP contribution in [0, 0.1) is 13.8 Å². The van der Waals surface area contributed by atoms with E-state index in [1.807, 2.05) is 18.8 Å². The normalized spacial score (nSPS) is 17.8. The summed E-state index contributed by atoms with van der Waals surface area (Å²) in [6.07, 6.45) is 0. The predicted octanol–water partition coefficient (Wildman–Crippen LogP) is 2.70. The molecule has 1 saturated heterocycles. The van der Waals surface area contributed by atoms with Gasteiger partial charge in [-0.1, -0.05) is 23.8 Å². The molecular formula is C14H21NOS. The number of rotatable bonds is 5. The van der Waals surface area contributed by atoms with E-state index in [9.17, 15) is 0 Å². The number of hydrogen-bond donors (Lipinski definition) is 1. The monoisotopic (exact) mass is 251 g/mol. The van der Waals surface area contributed by atoms with Crippen molar-refractivity contribution in [1.29, 1.82) is 0 Å². The second-order valence-corrected chi connectivity index (χ2v) is 6.03. The first-order valence-corrected chi connectivity index (χ1v) is 7.19. The fourth-order valence-corrected chi connectivity index (χ4v) is 3.20. The van der Waals surface area contributed by atoms with Crippen molar-refractivity contribution in [3.05, 3.63) is 34.9 Å². The summed E-state index contributed by atoms with van der Waals surface area (Å²) in [4.78, 5) is 0. The van der Waals surface area contributed by atoms with Gasteiger partial charge < -0.3 is 10.1 Å². The lowest BCUT2D eigenvalue weighted by molar-refractivity contribution is 0.0455. The lowest BCUT2D eigenvalue weighted by Crippen LogP contribution is -2.32. The van der Waals surface area contributed by atoms with Crippen LogP contribution in [-0.4, -0.2) is 31.3 Å². The highest BCUT2D eigenvalue weighted by atomic mass is 32.2. The molecule has 0 spiro atoms. The number of benzene rings is 1. The van der Waals surface area contributed by atoms with Gasteiger partial charge in [0.25, 0.3) is 0 Å². The Hall–Kier alpha value is -0.510. The van der Waals surface area contributed by atoms with Crippen LogP contribution in [0.3, 0.4) is 0 Å². The van der Waals surface area contributed by atoms with Crippen molar-refractivity contribution in [1.82, 2.24) is 5.32 Å². The molecule has 17 heavy (non-hydrogen) atoms. The third kappa shape index (κ3) is 3.24. The van der Waals surface area contributed by atoms with E-state index >= 15 is 0 Å². The molecule has 2 rings (SSSR count). The van der Waals surface area contributed by atoms with Gasteiger partial charge in [0.1, 0.15) is 0 Å². The van der Waals surface area contributed by atoms with E-state index < -0.39 is 0 Å². The van der Waals surface area contributed by atoms with Crippen molar-refractivity contribution < 1.29 is 4.74 Å². The zero-order chi connectivity index (χ0) is 12.3. The van der Waals surface area contributed by atoms with Crippen molar-refractivity contribution in [3.63, 3.8) is 0 Å². The van der Waals surface area contributed by atoms with Gasteiger partial charge >= 0.3 is 0 Å². The molecule has 0 radical (unpaired) electrons. The second-order valence-electron chi connectivity index (χ2n) is 4.69. The van der Waals surface area contributed by atoms with E-state index in [0.29, 0.717) is 11.3 Å². The standard InChI is InChI=1S/C14H21NOS/c1-10-4-5-11(2)13(6-10)14(15-3)9-17-12-7-16-8-12/h4-6,12,14-15H,7-9H2,1-3H3. The highest BCUT2D eigenvalue weighted by Crippen LogP contribution is 2.27. The Kier molecular flexibility index (Phi) is 4.48. The van der Waals surface area contributed by atoms with Crippen LogP contribution < -0.4 is 5.32 Å². The van der Waals surface area contributed by atoms with Gasteiger partial charge in [0.05, 0.1) is 18.5 Å². The third-order valence-electron chi connectivity index (χ3n) is 3.26. The van der Waals surface area contributed by atoms with Crippen LogP contribution in [0.4, 0.5) is 0 Å². The zero-order valence-electron chi connectivity index (χ0n) is 10.8. The van der Waals surface area contributed by atoms with E-state index in [0.717, 1.165) is 19.0 Å². The molecule has 2 nitrogen and oxygen atoms in total. The molecule has 1 atom stereocenters. The summed E-state index contributed by atoms with van der Waals surface area (Å²) in [6.45, 7) is 6.20. The summed E-state index contributed by atoms with van der Waals surface area (Å²) in [5.74, 6) is 1.12. The smallest absolute Gasteiger partial charge is 0.0607 e. The largest absolute Gasteiger partial charge is 0.379 e. The first-order valence-electron chi connectivity index (χ1n) is 6.14. The summed E-state index contributed by atoms with van der Waals surface area (Å²) in [7, 11) is 2.05. The van der Waals surface area contributed by atoms with Crippen LogP contribution >= 0.6 is 11.8 Å². The van der Waals surface area contributed by atoms with Crippen LogP contribution in [-0.2, 0) is 4.74 Å². The Bertz CT molecular complexity index is 376. The van der Waals surface area contributed by atoms with Crippen molar-refractivity contribution in [3.8, 4) is 0 Å². The molecule has 1 aliphatic rings. The van der Waals surface area contributed by atoms with Gasteiger partial charge in [0.2, 0.25) is 0 Å². The van der Waals surface area contributed by atoms with Gasteiger partial charge in [0.15, 0.2) is 0 Å². The van der Waals surface area contributed by atoms with Gasteiger partial charge in [-0.2, -0.15) is 11.8 Å². The maximum Gasteiger partial charge on any atom is 0.0607 e. The summed E-state index contributed by atoms with van der Waals surface area (Å²) >= 11 is 2.02. The quantitative estimate of drug-likeness (QED) is 0.869. The van der Waals surface area contributed by atoms with E-state index in [1.165, 1.54) is 16.7 Å². The van der Waals surface area contributed by atoms with E-state index in [2.05, 4.69) is 37.4 Å². The molecule has 0 aromatic heterocycles. The zero-order valence-corrected chi connectivity index (χ0v) is 11.6. The maximum absolute atomic E-state index is 5.21. The lowest BCUT2D eigenvalue weighted by atomic mass is 10.0. The fraction of sp³-hybridized carbons (Fsp3) is 0.571. The van der Waals surface area contributed by atoms with Gasteiger partial charge in [-0.15, -0.1) is 0 Å². The first kappa shape index (κ1) is 12.9. The fourth-order valence-electron chi connectivity index (χ4n) is 2.01. The first-order chi connectivity index (χ1) is 8.20. The lowest BCUT2D eigenvalue weighted by Gasteiger charge is -2.28. The SMILES string of the molecule is CNC(CSC1COC1)c1cc(C)ccc1C. The molecule has 94 valence electrons. The van der Waals surface area contributed by atoms with Crippen molar-refractivity contribution in [2.75, 3.05) is 26.0 Å². The molecule has 3 heteroatoms. The average molecular weight is 251 g/mol. The van der Waals surface area contributed by atoms with Gasteiger partial charge in [-0.05, 0) is 32.0 Å². The van der Waals surface area contributed by atoms with Crippen LogP contribution in [0.2, 0.25) is 0 Å². The maximum atomic E-state index is 5.21. The molecule has 0 amide bonds. The van der Waals surface area contributed by atoms with Crippen LogP contribution in [0.5, 0.6) is 0 Å². The molecule has 1 aliphatic heterocycles. The number of thioether (sulfide) groups is 1. The third-order valence-corrected chi connectivity index (χ3v) is 4.53. The number of ether oxygens (including phenoxy) is 1. The highest BCUT2D eigenvalue weighted by molar-refractivity contribution is 8.00. The Morgan fingerprint density at radius 1 is 1.41 bits per heavy atom. The Morgan fingerprint density at radius 2 is 2.18 bits per heavy atom. The van der Waals surface area contributed by atoms with Gasteiger partial charge in [-0.25, -0.2) is 0 Å². The predicted molar refractivity (Wildman–Crippen MR) is 74.8 cm³/mol. The van der Waals surface area contributed by atoms with Gasteiger partial charge in [0, 0.05) is 11.8 Å². The number of nitrogens with one attached hydrogen (secondary N) is 1. The van der Waals surface area contributed by atoms with Crippen molar-refractivity contribution in [2.24, 2.45) is 0 Å². The van der Waals surface area contributed by atoms with E-state index in [1.54, 1.807) is 0 Å². The molecular weight excluding hydrogens is 230 g/mol. The summed E-state index contributed by atoms with van der Waals surface area (Å²) in [6, 6.07) is 7.14. The van der Waals surface area contributed by atoms with Crippen LogP contribution in [0.25, 0.3) is 0 Å². The van der Waals surface area contributed by atoms with Gasteiger partial charge in [-0.3, -0.25) is 0 Å². The van der Waals surface area contributed by atoms with Crippen LogP contribution in [0.15, 0.2) is 18.2 Å². The molecule has 1 N–H and O–H groups in total. The molecule has 1 aromatic carbocycles. The number of aryl methyl sites for hydroxylation is 2. The minimum Gasteiger partial charge on any atom is -0.379 e. The second kappa shape index (κ2) is 5.89. The molecule has 0 aliphatic carbocycles. The Morgan fingerprint density at radius 3 is 2.76 bits per heavy atom. The van der Waals surface area contributed by atoms with Crippen molar-refractivity contribution >= 4 is 11.8 Å². The molecule has 1 heterocycles. The Labute approximate surface area is 108 Å². The minimum absolute atomic E-state index is 0.445. The Balaban J connectivity index is 2.02. The number of hydrogen-bond acceptors (Lipinski definition) is 3. The molecule has 1 aromatic rings. The van der Waals surface area contributed by atoms with Crippen molar-refractivity contribution in [2.45, 2.75) is 25.1 Å². The topological polar surface area (TPSA) is 21.3 Å². The summed E-state index contributed by atoms with van der Waals surface area (Å²) < 4.78 is 5.21. The van der Waals surface area contributed by atoms with E-state index in [-0.39, 0.29) is 0 Å². The molecule has 1 fully saturated rings. The summed E-state index contributed by atoms with van der Waals surface area (Å²) in [5.41, 5.74) is 4.14. The van der Waals surface area contributed by atoms with Crippen LogP contribution in [0.1, 0.15) is 22.7 Å². The molecule has 0 saturated carbocycles. The average Bonchev–Trinajstić information content (AvgIpc) is 2.26. The summed E-state index contributed by atoms with van der Waals surface area (Å²) in [5, 5.41) is 4.13. The molecule has 1 unspecified atom stereocenters. The highest BCUT2D eigenvalue weighted by Gasteiger charge is 2.21. The van der Waals surface area contributed by atoms with E-state index in [4.69, 9.17) is 4.74 Å². The minimum atomic E-state index is 0.445. The molecule has 0 bridgehead atoms.